The molecule has 2 aromatic rings. The van der Waals surface area contributed by atoms with Gasteiger partial charge in [0.1, 0.15) is 0 Å². The Kier molecular flexibility index (Phi) is 3.74. The summed E-state index contributed by atoms with van der Waals surface area (Å²) in [5.74, 6) is 0.582. The van der Waals surface area contributed by atoms with Gasteiger partial charge >= 0.3 is 6.01 Å². The summed E-state index contributed by atoms with van der Waals surface area (Å²) in [7, 11) is 3.35. The van der Waals surface area contributed by atoms with E-state index in [0.717, 1.165) is 11.4 Å². The van der Waals surface area contributed by atoms with Crippen LogP contribution in [-0.4, -0.2) is 34.1 Å². The van der Waals surface area contributed by atoms with Crippen LogP contribution in [0, 0.1) is 6.92 Å². The molecule has 0 amide bonds. The number of nitrogen functional groups attached to an aromatic ring is 1. The molecule has 0 fully saturated rings. The standard InChI is InChI=1S/C12H16N6O/c1-8-5-4-6-9(14-8)7-18(2)11-15-10(13)16-12(17-11)19-3/h4-6H,7H2,1-3H3,(H2,13,15,16,17). The summed E-state index contributed by atoms with van der Waals surface area (Å²) in [6.07, 6.45) is 0. The van der Waals surface area contributed by atoms with E-state index in [-0.39, 0.29) is 12.0 Å². The van der Waals surface area contributed by atoms with Gasteiger partial charge in [-0.25, -0.2) is 0 Å². The molecule has 0 saturated carbocycles. The Bertz CT molecular complexity index is 574. The lowest BCUT2D eigenvalue weighted by Gasteiger charge is -2.17. The largest absolute Gasteiger partial charge is 0.467 e. The van der Waals surface area contributed by atoms with Gasteiger partial charge in [0.2, 0.25) is 11.9 Å². The normalized spacial score (nSPS) is 10.3. The number of hydrogen-bond acceptors (Lipinski definition) is 7. The van der Waals surface area contributed by atoms with Crippen molar-refractivity contribution < 1.29 is 4.74 Å². The minimum Gasteiger partial charge on any atom is -0.467 e. The molecule has 19 heavy (non-hydrogen) atoms. The smallest absolute Gasteiger partial charge is 0.322 e. The highest BCUT2D eigenvalue weighted by atomic mass is 16.5. The van der Waals surface area contributed by atoms with Crippen LogP contribution in [0.15, 0.2) is 18.2 Å². The van der Waals surface area contributed by atoms with E-state index in [1.54, 1.807) is 0 Å². The van der Waals surface area contributed by atoms with E-state index < -0.39 is 0 Å². The Balaban J connectivity index is 2.20. The number of nitrogens with zero attached hydrogens (tertiary/aromatic N) is 5. The topological polar surface area (TPSA) is 90.0 Å². The van der Waals surface area contributed by atoms with Crippen LogP contribution in [0.1, 0.15) is 11.4 Å². The number of ether oxygens (including phenoxy) is 1. The number of pyridine rings is 1. The van der Waals surface area contributed by atoms with Crippen LogP contribution in [0.3, 0.4) is 0 Å². The van der Waals surface area contributed by atoms with Crippen molar-refractivity contribution in [3.8, 4) is 6.01 Å². The SMILES string of the molecule is COc1nc(N)nc(N(C)Cc2cccc(C)n2)n1. The molecule has 2 N–H and O–H groups in total. The second-order valence-corrected chi connectivity index (χ2v) is 4.11. The second-order valence-electron chi connectivity index (χ2n) is 4.11. The highest BCUT2D eigenvalue weighted by Gasteiger charge is 2.10. The zero-order valence-corrected chi connectivity index (χ0v) is 11.2. The zero-order valence-electron chi connectivity index (χ0n) is 11.2. The van der Waals surface area contributed by atoms with Gasteiger partial charge in [-0.3, -0.25) is 4.98 Å². The van der Waals surface area contributed by atoms with Gasteiger partial charge < -0.3 is 15.4 Å². The van der Waals surface area contributed by atoms with Crippen molar-refractivity contribution in [1.82, 2.24) is 19.9 Å². The summed E-state index contributed by atoms with van der Waals surface area (Å²) < 4.78 is 4.97. The van der Waals surface area contributed by atoms with Crippen LogP contribution in [0.5, 0.6) is 6.01 Å². The van der Waals surface area contributed by atoms with Crippen molar-refractivity contribution in [2.75, 3.05) is 24.8 Å². The predicted molar refractivity (Wildman–Crippen MR) is 71.9 cm³/mol. The molecular formula is C12H16N6O. The number of aryl methyl sites for hydroxylation is 1. The first-order valence-electron chi connectivity index (χ1n) is 5.77. The summed E-state index contributed by atoms with van der Waals surface area (Å²) in [6, 6.07) is 6.07. The van der Waals surface area contributed by atoms with Crippen molar-refractivity contribution in [1.29, 1.82) is 0 Å². The minimum atomic E-state index is 0.130. The fraction of sp³-hybridized carbons (Fsp3) is 0.333. The van der Waals surface area contributed by atoms with E-state index in [1.807, 2.05) is 37.1 Å². The minimum absolute atomic E-state index is 0.130. The van der Waals surface area contributed by atoms with Crippen molar-refractivity contribution in [2.45, 2.75) is 13.5 Å². The van der Waals surface area contributed by atoms with E-state index in [2.05, 4.69) is 19.9 Å². The third-order valence-corrected chi connectivity index (χ3v) is 2.49. The molecule has 0 radical (unpaired) electrons. The van der Waals surface area contributed by atoms with Crippen LogP contribution in [0.4, 0.5) is 11.9 Å². The Labute approximate surface area is 111 Å². The fourth-order valence-corrected chi connectivity index (χ4v) is 1.62. The lowest BCUT2D eigenvalue weighted by atomic mass is 10.3. The molecule has 0 aromatic carbocycles. The highest BCUT2D eigenvalue weighted by molar-refractivity contribution is 5.35. The average molecular weight is 260 g/mol. The van der Waals surface area contributed by atoms with Crippen LogP contribution in [-0.2, 0) is 6.54 Å². The quantitative estimate of drug-likeness (QED) is 0.869. The molecule has 0 bridgehead atoms. The lowest BCUT2D eigenvalue weighted by Crippen LogP contribution is -2.21. The molecule has 0 aliphatic heterocycles. The number of methoxy groups -OCH3 is 1. The second kappa shape index (κ2) is 5.47. The Morgan fingerprint density at radius 3 is 2.68 bits per heavy atom. The molecule has 100 valence electrons. The molecule has 0 aliphatic carbocycles. The van der Waals surface area contributed by atoms with E-state index in [1.165, 1.54) is 7.11 Å². The molecule has 2 rings (SSSR count). The molecule has 0 aliphatic rings. The van der Waals surface area contributed by atoms with Gasteiger partial charge in [-0.1, -0.05) is 6.07 Å². The third kappa shape index (κ3) is 3.27. The van der Waals surface area contributed by atoms with Gasteiger partial charge in [0.25, 0.3) is 0 Å². The maximum Gasteiger partial charge on any atom is 0.322 e. The maximum atomic E-state index is 5.61. The number of anilines is 2. The Hall–Kier alpha value is -2.44. The van der Waals surface area contributed by atoms with Crippen LogP contribution >= 0.6 is 0 Å². The molecule has 0 saturated heterocycles. The molecule has 7 nitrogen and oxygen atoms in total. The summed E-state index contributed by atoms with van der Waals surface area (Å²) in [4.78, 5) is 18.3. The van der Waals surface area contributed by atoms with Crippen molar-refractivity contribution >= 4 is 11.9 Å². The first-order valence-corrected chi connectivity index (χ1v) is 5.77. The summed E-state index contributed by atoms with van der Waals surface area (Å²) in [6.45, 7) is 2.53. The van der Waals surface area contributed by atoms with Gasteiger partial charge in [0.05, 0.1) is 19.3 Å². The summed E-state index contributed by atoms with van der Waals surface area (Å²) in [5, 5.41) is 0. The van der Waals surface area contributed by atoms with Crippen molar-refractivity contribution in [3.63, 3.8) is 0 Å². The summed E-state index contributed by atoms with van der Waals surface area (Å²) in [5.41, 5.74) is 7.51. The van der Waals surface area contributed by atoms with Crippen molar-refractivity contribution in [3.05, 3.63) is 29.6 Å². The first kappa shape index (κ1) is 13.0. The first-order chi connectivity index (χ1) is 9.08. The van der Waals surface area contributed by atoms with Gasteiger partial charge in [-0.15, -0.1) is 0 Å². The van der Waals surface area contributed by atoms with Crippen LogP contribution in [0.2, 0.25) is 0 Å². The number of aromatic nitrogens is 4. The van der Waals surface area contributed by atoms with Gasteiger partial charge in [-0.2, -0.15) is 15.0 Å². The average Bonchev–Trinajstić information content (AvgIpc) is 2.38. The van der Waals surface area contributed by atoms with Crippen molar-refractivity contribution in [2.24, 2.45) is 0 Å². The van der Waals surface area contributed by atoms with E-state index in [0.29, 0.717) is 12.5 Å². The van der Waals surface area contributed by atoms with Crippen LogP contribution < -0.4 is 15.4 Å². The van der Waals surface area contributed by atoms with E-state index >= 15 is 0 Å². The number of hydrogen-bond donors (Lipinski definition) is 1. The molecule has 0 spiro atoms. The van der Waals surface area contributed by atoms with Gasteiger partial charge in [0, 0.05) is 12.7 Å². The van der Waals surface area contributed by atoms with E-state index in [9.17, 15) is 0 Å². The maximum absolute atomic E-state index is 5.61. The molecule has 2 heterocycles. The Morgan fingerprint density at radius 2 is 2.00 bits per heavy atom. The van der Waals surface area contributed by atoms with Crippen LogP contribution in [0.25, 0.3) is 0 Å². The molecule has 7 heteroatoms. The Morgan fingerprint density at radius 1 is 1.21 bits per heavy atom. The van der Waals surface area contributed by atoms with E-state index in [4.69, 9.17) is 10.5 Å². The lowest BCUT2D eigenvalue weighted by molar-refractivity contribution is 0.379. The zero-order chi connectivity index (χ0) is 13.8. The summed E-state index contributed by atoms with van der Waals surface area (Å²) >= 11 is 0. The third-order valence-electron chi connectivity index (χ3n) is 2.49. The number of nitrogens with two attached hydrogens (primary N) is 1. The van der Waals surface area contributed by atoms with Gasteiger partial charge in [0.15, 0.2) is 0 Å². The molecular weight excluding hydrogens is 244 g/mol. The number of rotatable bonds is 4. The molecule has 0 unspecified atom stereocenters. The fourth-order valence-electron chi connectivity index (χ4n) is 1.62. The highest BCUT2D eigenvalue weighted by Crippen LogP contribution is 2.13. The van der Waals surface area contributed by atoms with Gasteiger partial charge in [-0.05, 0) is 19.1 Å². The predicted octanol–water partition coefficient (Wildman–Crippen LogP) is 0.802. The molecule has 0 atom stereocenters. The monoisotopic (exact) mass is 260 g/mol. The molecule has 2 aromatic heterocycles.